The van der Waals surface area contributed by atoms with Gasteiger partial charge in [0.25, 0.3) is 0 Å². The number of carbonyl (C=O) groups is 2. The normalized spacial score (nSPS) is 13.0. The van der Waals surface area contributed by atoms with Gasteiger partial charge in [-0.15, -0.1) is 0 Å². The Morgan fingerprint density at radius 2 is 1.77 bits per heavy atom. The number of aliphatic hydroxyl groups excluding tert-OH is 1. The molecular weight excluding hydrogens is 338 g/mol. The highest BCUT2D eigenvalue weighted by molar-refractivity contribution is 6.02. The summed E-state index contributed by atoms with van der Waals surface area (Å²) in [6.45, 7) is -0.497. The Balaban J connectivity index is 1.61. The molecule has 134 valence electrons. The molecule has 1 heterocycles. The van der Waals surface area contributed by atoms with Crippen LogP contribution in [0.4, 0.5) is 4.79 Å². The molecule has 2 aromatic carbocycles. The van der Waals surface area contributed by atoms with E-state index in [4.69, 9.17) is 14.2 Å². The molecule has 1 atom stereocenters. The maximum Gasteiger partial charge on any atom is 0.408 e. The molecule has 7 heteroatoms. The van der Waals surface area contributed by atoms with Gasteiger partial charge in [0, 0.05) is 5.56 Å². The molecule has 0 unspecified atom stereocenters. The molecule has 0 aliphatic carbocycles. The molecule has 0 aromatic heterocycles. The molecule has 1 amide bonds. The minimum atomic E-state index is -1.13. The molecular formula is C19H17NO6. The largest absolute Gasteiger partial charge is 0.458 e. The summed E-state index contributed by atoms with van der Waals surface area (Å²) in [7, 11) is 0. The highest BCUT2D eigenvalue weighted by atomic mass is 16.6. The Bertz CT molecular complexity index is 818. The number of fused-ring (bicyclic) bond motifs is 1. The van der Waals surface area contributed by atoms with Crippen LogP contribution in [0.15, 0.2) is 61.1 Å². The fraction of sp³-hybridized carbons (Fsp3) is 0.158. The maximum absolute atomic E-state index is 12.5. The van der Waals surface area contributed by atoms with E-state index in [2.05, 4.69) is 5.32 Å². The first-order valence-corrected chi connectivity index (χ1v) is 7.92. The average Bonchev–Trinajstić information content (AvgIpc) is 2.70. The van der Waals surface area contributed by atoms with E-state index in [9.17, 15) is 14.7 Å². The van der Waals surface area contributed by atoms with Crippen molar-refractivity contribution in [2.45, 2.75) is 12.6 Å². The molecule has 0 spiro atoms. The van der Waals surface area contributed by atoms with Gasteiger partial charge in [-0.25, -0.2) is 4.79 Å². The predicted molar refractivity (Wildman–Crippen MR) is 91.8 cm³/mol. The van der Waals surface area contributed by atoms with Crippen LogP contribution in [0.5, 0.6) is 11.5 Å². The summed E-state index contributed by atoms with van der Waals surface area (Å²) < 4.78 is 15.6. The van der Waals surface area contributed by atoms with Crippen LogP contribution in [0, 0.1) is 0 Å². The van der Waals surface area contributed by atoms with Crippen LogP contribution in [0.3, 0.4) is 0 Å². The number of hydrogen-bond donors (Lipinski definition) is 2. The number of benzene rings is 2. The van der Waals surface area contributed by atoms with E-state index in [1.165, 1.54) is 24.7 Å². The fourth-order valence-electron chi connectivity index (χ4n) is 2.36. The van der Waals surface area contributed by atoms with Gasteiger partial charge in [-0.2, -0.15) is 0 Å². The standard InChI is InChI=1S/C19H17NO6/c21-11-15(20-19(23)26-12-13-4-2-1-3-5-13)18(22)14-6-7-16-17(10-14)25-9-8-24-16/h1-10,15,21H,11-12H2,(H,20,23)/t15-/m1/s1. The summed E-state index contributed by atoms with van der Waals surface area (Å²) in [5.41, 5.74) is 1.08. The minimum absolute atomic E-state index is 0.0649. The van der Waals surface area contributed by atoms with Gasteiger partial charge in [0.1, 0.15) is 25.2 Å². The predicted octanol–water partition coefficient (Wildman–Crippen LogP) is 2.40. The summed E-state index contributed by atoms with van der Waals surface area (Å²) in [5, 5.41) is 11.8. The van der Waals surface area contributed by atoms with Crippen molar-refractivity contribution in [2.75, 3.05) is 6.61 Å². The summed E-state index contributed by atoms with van der Waals surface area (Å²) in [6, 6.07) is 12.6. The first-order valence-electron chi connectivity index (χ1n) is 7.92. The lowest BCUT2D eigenvalue weighted by Gasteiger charge is -2.17. The Labute approximate surface area is 149 Å². The van der Waals surface area contributed by atoms with Crippen molar-refractivity contribution in [3.63, 3.8) is 0 Å². The van der Waals surface area contributed by atoms with Crippen molar-refractivity contribution in [3.8, 4) is 11.5 Å². The number of rotatable bonds is 6. The van der Waals surface area contributed by atoms with Gasteiger partial charge < -0.3 is 24.6 Å². The highest BCUT2D eigenvalue weighted by Gasteiger charge is 2.23. The molecule has 2 aromatic rings. The second kappa shape index (κ2) is 8.17. The van der Waals surface area contributed by atoms with Crippen LogP contribution in [0.25, 0.3) is 0 Å². The molecule has 0 saturated heterocycles. The Morgan fingerprint density at radius 3 is 2.50 bits per heavy atom. The van der Waals surface area contributed by atoms with E-state index in [0.29, 0.717) is 11.5 Å². The fourth-order valence-corrected chi connectivity index (χ4v) is 2.36. The van der Waals surface area contributed by atoms with E-state index in [0.717, 1.165) is 5.56 Å². The summed E-state index contributed by atoms with van der Waals surface area (Å²) in [6.07, 6.45) is 1.94. The molecule has 0 fully saturated rings. The van der Waals surface area contributed by atoms with Crippen LogP contribution in [-0.2, 0) is 11.3 Å². The zero-order valence-corrected chi connectivity index (χ0v) is 13.8. The molecule has 7 nitrogen and oxygen atoms in total. The van der Waals surface area contributed by atoms with E-state index in [1.807, 2.05) is 30.3 Å². The zero-order chi connectivity index (χ0) is 18.4. The topological polar surface area (TPSA) is 94.1 Å². The molecule has 2 N–H and O–H groups in total. The SMILES string of the molecule is O=C(N[C@H](CO)C(=O)c1ccc2c(c1)OC=CO2)OCc1ccccc1. The van der Waals surface area contributed by atoms with E-state index < -0.39 is 24.5 Å². The van der Waals surface area contributed by atoms with E-state index >= 15 is 0 Å². The molecule has 0 saturated carbocycles. The van der Waals surface area contributed by atoms with Crippen molar-refractivity contribution in [2.24, 2.45) is 0 Å². The first-order chi connectivity index (χ1) is 12.7. The average molecular weight is 355 g/mol. The number of hydrogen-bond acceptors (Lipinski definition) is 6. The first kappa shape index (κ1) is 17.5. The van der Waals surface area contributed by atoms with Gasteiger partial charge in [-0.1, -0.05) is 30.3 Å². The number of nitrogens with one attached hydrogen (secondary N) is 1. The minimum Gasteiger partial charge on any atom is -0.458 e. The number of aliphatic hydroxyl groups is 1. The monoisotopic (exact) mass is 355 g/mol. The molecule has 3 rings (SSSR count). The van der Waals surface area contributed by atoms with Crippen LogP contribution in [0.1, 0.15) is 15.9 Å². The number of alkyl carbamates (subject to hydrolysis) is 1. The lowest BCUT2D eigenvalue weighted by Crippen LogP contribution is -2.43. The second-order valence-corrected chi connectivity index (χ2v) is 5.47. The third kappa shape index (κ3) is 4.20. The van der Waals surface area contributed by atoms with E-state index in [-0.39, 0.29) is 12.2 Å². The van der Waals surface area contributed by atoms with Crippen LogP contribution >= 0.6 is 0 Å². The number of Topliss-reactive ketones (excluding diaryl/α,β-unsaturated/α-hetero) is 1. The maximum atomic E-state index is 12.5. The van der Waals surface area contributed by atoms with Gasteiger partial charge in [-0.3, -0.25) is 4.79 Å². The lowest BCUT2D eigenvalue weighted by atomic mass is 10.0. The van der Waals surface area contributed by atoms with E-state index in [1.54, 1.807) is 6.07 Å². The third-order valence-electron chi connectivity index (χ3n) is 3.68. The van der Waals surface area contributed by atoms with Crippen LogP contribution < -0.4 is 14.8 Å². The number of amides is 1. The molecule has 0 bridgehead atoms. The van der Waals surface area contributed by atoms with Crippen LogP contribution in [-0.4, -0.2) is 29.6 Å². The molecule has 0 radical (unpaired) electrons. The van der Waals surface area contributed by atoms with Gasteiger partial charge in [0.15, 0.2) is 17.3 Å². The number of ether oxygens (including phenoxy) is 3. The second-order valence-electron chi connectivity index (χ2n) is 5.47. The zero-order valence-electron chi connectivity index (χ0n) is 13.8. The molecule has 26 heavy (non-hydrogen) atoms. The third-order valence-corrected chi connectivity index (χ3v) is 3.68. The Morgan fingerprint density at radius 1 is 1.04 bits per heavy atom. The quantitative estimate of drug-likeness (QED) is 0.773. The van der Waals surface area contributed by atoms with Crippen molar-refractivity contribution in [3.05, 3.63) is 72.2 Å². The van der Waals surface area contributed by atoms with Gasteiger partial charge in [0.05, 0.1) is 6.61 Å². The lowest BCUT2D eigenvalue weighted by molar-refractivity contribution is 0.0864. The Hall–Kier alpha value is -3.32. The van der Waals surface area contributed by atoms with Gasteiger partial charge in [0.2, 0.25) is 0 Å². The summed E-state index contributed by atoms with van der Waals surface area (Å²) in [5.74, 6) is 0.381. The molecule has 1 aliphatic heterocycles. The van der Waals surface area contributed by atoms with Crippen molar-refractivity contribution in [1.29, 1.82) is 0 Å². The van der Waals surface area contributed by atoms with Gasteiger partial charge in [-0.05, 0) is 23.8 Å². The number of ketones is 1. The summed E-state index contributed by atoms with van der Waals surface area (Å²) >= 11 is 0. The Kier molecular flexibility index (Phi) is 5.50. The van der Waals surface area contributed by atoms with Crippen LogP contribution in [0.2, 0.25) is 0 Å². The summed E-state index contributed by atoms with van der Waals surface area (Å²) in [4.78, 5) is 24.4. The highest BCUT2D eigenvalue weighted by Crippen LogP contribution is 2.31. The van der Waals surface area contributed by atoms with Crippen molar-refractivity contribution >= 4 is 11.9 Å². The van der Waals surface area contributed by atoms with Crippen molar-refractivity contribution < 1.29 is 28.9 Å². The number of carbonyl (C=O) groups excluding carboxylic acids is 2. The smallest absolute Gasteiger partial charge is 0.408 e. The van der Waals surface area contributed by atoms with Crippen molar-refractivity contribution in [1.82, 2.24) is 5.32 Å². The van der Waals surface area contributed by atoms with Gasteiger partial charge >= 0.3 is 6.09 Å². The molecule has 1 aliphatic rings.